The van der Waals surface area contributed by atoms with Crippen molar-refractivity contribution in [2.75, 3.05) is 19.8 Å². The fourth-order valence-electron chi connectivity index (χ4n) is 1.80. The Morgan fingerprint density at radius 1 is 1.24 bits per heavy atom. The Labute approximate surface area is 125 Å². The minimum atomic E-state index is -1.02. The highest BCUT2D eigenvalue weighted by molar-refractivity contribution is 5.91. The van der Waals surface area contributed by atoms with Crippen LogP contribution < -0.4 is 5.32 Å². The second-order valence-electron chi connectivity index (χ2n) is 5.28. The van der Waals surface area contributed by atoms with Crippen molar-refractivity contribution in [3.8, 4) is 0 Å². The quantitative estimate of drug-likeness (QED) is 0.684. The van der Waals surface area contributed by atoms with Crippen LogP contribution in [-0.4, -0.2) is 36.7 Å². The van der Waals surface area contributed by atoms with E-state index in [0.29, 0.717) is 31.2 Å². The van der Waals surface area contributed by atoms with Crippen LogP contribution in [0.2, 0.25) is 0 Å². The largest absolute Gasteiger partial charge is 0.478 e. The van der Waals surface area contributed by atoms with Crippen molar-refractivity contribution < 1.29 is 19.4 Å². The molecule has 0 fully saturated rings. The summed E-state index contributed by atoms with van der Waals surface area (Å²) in [4.78, 5) is 22.8. The Bertz CT molecular complexity index is 471. The van der Waals surface area contributed by atoms with Crippen LogP contribution in [0.5, 0.6) is 0 Å². The fraction of sp³-hybridized carbons (Fsp3) is 0.500. The number of carboxylic acids is 1. The van der Waals surface area contributed by atoms with Crippen molar-refractivity contribution in [2.45, 2.75) is 26.7 Å². The summed E-state index contributed by atoms with van der Waals surface area (Å²) >= 11 is 0. The summed E-state index contributed by atoms with van der Waals surface area (Å²) in [6, 6.07) is 6.53. The summed E-state index contributed by atoms with van der Waals surface area (Å²) in [6.07, 6.45) is 1.06. The SMILES string of the molecule is CC(C)CCOCCNC(=O)Cc1ccccc1C(=O)O. The van der Waals surface area contributed by atoms with Crippen LogP contribution in [0, 0.1) is 5.92 Å². The summed E-state index contributed by atoms with van der Waals surface area (Å²) in [6.45, 7) is 5.86. The average Bonchev–Trinajstić information content (AvgIpc) is 2.42. The summed E-state index contributed by atoms with van der Waals surface area (Å²) in [5, 5.41) is 11.8. The summed E-state index contributed by atoms with van der Waals surface area (Å²) in [5.74, 6) is -0.612. The van der Waals surface area contributed by atoms with E-state index in [-0.39, 0.29) is 17.9 Å². The molecule has 1 aromatic carbocycles. The second kappa shape index (κ2) is 9.13. The van der Waals surface area contributed by atoms with E-state index in [9.17, 15) is 9.59 Å². The molecule has 0 unspecified atom stereocenters. The van der Waals surface area contributed by atoms with Crippen molar-refractivity contribution in [3.63, 3.8) is 0 Å². The molecule has 1 amide bonds. The monoisotopic (exact) mass is 293 g/mol. The minimum absolute atomic E-state index is 0.0640. The van der Waals surface area contributed by atoms with E-state index in [1.54, 1.807) is 18.2 Å². The maximum Gasteiger partial charge on any atom is 0.335 e. The van der Waals surface area contributed by atoms with E-state index in [2.05, 4.69) is 19.2 Å². The van der Waals surface area contributed by atoms with E-state index in [1.807, 2.05) is 0 Å². The maximum absolute atomic E-state index is 11.8. The van der Waals surface area contributed by atoms with Gasteiger partial charge in [-0.05, 0) is 24.0 Å². The molecule has 0 aliphatic carbocycles. The predicted molar refractivity (Wildman–Crippen MR) is 80.4 cm³/mol. The lowest BCUT2D eigenvalue weighted by atomic mass is 10.0. The van der Waals surface area contributed by atoms with Crippen molar-refractivity contribution in [1.29, 1.82) is 0 Å². The van der Waals surface area contributed by atoms with Gasteiger partial charge >= 0.3 is 5.97 Å². The number of hydrogen-bond acceptors (Lipinski definition) is 3. The van der Waals surface area contributed by atoms with Gasteiger partial charge in [0.2, 0.25) is 5.91 Å². The highest BCUT2D eigenvalue weighted by atomic mass is 16.5. The molecule has 0 radical (unpaired) electrons. The Morgan fingerprint density at radius 3 is 2.62 bits per heavy atom. The second-order valence-corrected chi connectivity index (χ2v) is 5.28. The molecule has 0 saturated heterocycles. The van der Waals surface area contributed by atoms with Crippen molar-refractivity contribution in [3.05, 3.63) is 35.4 Å². The Hall–Kier alpha value is -1.88. The van der Waals surface area contributed by atoms with Gasteiger partial charge in [-0.2, -0.15) is 0 Å². The van der Waals surface area contributed by atoms with Gasteiger partial charge in [-0.15, -0.1) is 0 Å². The highest BCUT2D eigenvalue weighted by Gasteiger charge is 2.11. The summed E-state index contributed by atoms with van der Waals surface area (Å²) in [5.41, 5.74) is 0.684. The first-order valence-corrected chi connectivity index (χ1v) is 7.16. The van der Waals surface area contributed by atoms with Gasteiger partial charge in [0.15, 0.2) is 0 Å². The first kappa shape index (κ1) is 17.2. The summed E-state index contributed by atoms with van der Waals surface area (Å²) < 4.78 is 5.40. The van der Waals surface area contributed by atoms with Crippen LogP contribution in [0.1, 0.15) is 36.2 Å². The number of hydrogen-bond donors (Lipinski definition) is 2. The van der Waals surface area contributed by atoms with Crippen molar-refractivity contribution in [2.24, 2.45) is 5.92 Å². The third-order valence-corrected chi connectivity index (χ3v) is 3.01. The van der Waals surface area contributed by atoms with Gasteiger partial charge in [0.05, 0.1) is 18.6 Å². The molecule has 116 valence electrons. The zero-order valence-electron chi connectivity index (χ0n) is 12.6. The topological polar surface area (TPSA) is 75.6 Å². The van der Waals surface area contributed by atoms with E-state index in [1.165, 1.54) is 6.07 Å². The molecule has 2 N–H and O–H groups in total. The number of carboxylic acid groups (broad SMARTS) is 1. The molecule has 0 aromatic heterocycles. The molecule has 0 spiro atoms. The molecule has 0 aliphatic heterocycles. The van der Waals surface area contributed by atoms with E-state index in [0.717, 1.165) is 6.42 Å². The van der Waals surface area contributed by atoms with Crippen LogP contribution in [0.4, 0.5) is 0 Å². The van der Waals surface area contributed by atoms with Crippen LogP contribution in [0.15, 0.2) is 24.3 Å². The van der Waals surface area contributed by atoms with Crippen LogP contribution in [0.3, 0.4) is 0 Å². The normalized spacial score (nSPS) is 10.6. The van der Waals surface area contributed by atoms with Crippen LogP contribution >= 0.6 is 0 Å². The zero-order chi connectivity index (χ0) is 15.7. The lowest BCUT2D eigenvalue weighted by molar-refractivity contribution is -0.120. The summed E-state index contributed by atoms with van der Waals surface area (Å²) in [7, 11) is 0. The number of amides is 1. The van der Waals surface area contributed by atoms with E-state index < -0.39 is 5.97 Å². The van der Waals surface area contributed by atoms with Gasteiger partial charge in [-0.25, -0.2) is 4.79 Å². The molecule has 0 heterocycles. The third kappa shape index (κ3) is 6.90. The van der Waals surface area contributed by atoms with Gasteiger partial charge in [0.1, 0.15) is 0 Å². The lowest BCUT2D eigenvalue weighted by Gasteiger charge is -2.09. The molecular weight excluding hydrogens is 270 g/mol. The van der Waals surface area contributed by atoms with Gasteiger partial charge in [-0.3, -0.25) is 4.79 Å². The fourth-order valence-corrected chi connectivity index (χ4v) is 1.80. The van der Waals surface area contributed by atoms with Crippen LogP contribution in [-0.2, 0) is 16.0 Å². The Balaban J connectivity index is 2.30. The molecule has 21 heavy (non-hydrogen) atoms. The first-order valence-electron chi connectivity index (χ1n) is 7.16. The predicted octanol–water partition coefficient (Wildman–Crippen LogP) is 2.11. The standard InChI is InChI=1S/C16H23NO4/c1-12(2)7-9-21-10-8-17-15(18)11-13-5-3-4-6-14(13)16(19)20/h3-6,12H,7-11H2,1-2H3,(H,17,18)(H,19,20). The average molecular weight is 293 g/mol. The van der Waals surface area contributed by atoms with Crippen molar-refractivity contribution >= 4 is 11.9 Å². The molecule has 5 nitrogen and oxygen atoms in total. The molecule has 0 bridgehead atoms. The number of ether oxygens (including phenoxy) is 1. The highest BCUT2D eigenvalue weighted by Crippen LogP contribution is 2.09. The van der Waals surface area contributed by atoms with Gasteiger partial charge in [-0.1, -0.05) is 32.0 Å². The number of nitrogens with one attached hydrogen (secondary N) is 1. The zero-order valence-corrected chi connectivity index (χ0v) is 12.6. The Morgan fingerprint density at radius 2 is 1.95 bits per heavy atom. The van der Waals surface area contributed by atoms with Crippen molar-refractivity contribution in [1.82, 2.24) is 5.32 Å². The molecule has 5 heteroatoms. The molecule has 0 saturated carbocycles. The molecule has 0 aliphatic rings. The number of carbonyl (C=O) groups excluding carboxylic acids is 1. The minimum Gasteiger partial charge on any atom is -0.478 e. The smallest absolute Gasteiger partial charge is 0.335 e. The van der Waals surface area contributed by atoms with Gasteiger partial charge in [0.25, 0.3) is 0 Å². The van der Waals surface area contributed by atoms with Gasteiger partial charge in [0, 0.05) is 13.2 Å². The first-order chi connectivity index (χ1) is 10.0. The molecule has 1 aromatic rings. The van der Waals surface area contributed by atoms with E-state index in [4.69, 9.17) is 9.84 Å². The number of aromatic carboxylic acids is 1. The third-order valence-electron chi connectivity index (χ3n) is 3.01. The Kier molecular flexibility index (Phi) is 7.46. The molecule has 0 atom stereocenters. The number of carbonyl (C=O) groups is 2. The number of rotatable bonds is 9. The van der Waals surface area contributed by atoms with E-state index >= 15 is 0 Å². The lowest BCUT2D eigenvalue weighted by Crippen LogP contribution is -2.29. The maximum atomic E-state index is 11.8. The number of benzene rings is 1. The molecular formula is C16H23NO4. The van der Waals surface area contributed by atoms with Crippen LogP contribution in [0.25, 0.3) is 0 Å². The molecule has 1 rings (SSSR count). The van der Waals surface area contributed by atoms with Gasteiger partial charge < -0.3 is 15.2 Å².